The summed E-state index contributed by atoms with van der Waals surface area (Å²) in [6.07, 6.45) is 6.16. The first kappa shape index (κ1) is 13.6. The van der Waals surface area contributed by atoms with Crippen molar-refractivity contribution in [1.82, 2.24) is 0 Å². The number of nitrogens with two attached hydrogens (primary N) is 1. The van der Waals surface area contributed by atoms with Crippen LogP contribution in [0.1, 0.15) is 50.8 Å². The molecule has 1 fully saturated rings. The van der Waals surface area contributed by atoms with Crippen molar-refractivity contribution in [2.75, 3.05) is 0 Å². The topological polar surface area (TPSA) is 39.2 Å². The Hall–Kier alpha value is -1.35. The summed E-state index contributed by atoms with van der Waals surface area (Å²) in [7, 11) is 0. The maximum Gasteiger partial charge on any atom is 0.134 e. The Labute approximate surface area is 119 Å². The van der Waals surface area contributed by atoms with Crippen LogP contribution in [0, 0.1) is 17.7 Å². The summed E-state index contributed by atoms with van der Waals surface area (Å²) < 4.78 is 19.0. The van der Waals surface area contributed by atoms with Gasteiger partial charge in [-0.3, -0.25) is 0 Å². The maximum absolute atomic E-state index is 13.2. The van der Waals surface area contributed by atoms with E-state index in [0.29, 0.717) is 5.92 Å². The quantitative estimate of drug-likeness (QED) is 0.874. The molecule has 3 unspecified atom stereocenters. The SMILES string of the molecule is CCC1CCCC(C(N)c2cc3cc(F)ccc3o2)C1. The number of hydrogen-bond donors (Lipinski definition) is 1. The predicted molar refractivity (Wildman–Crippen MR) is 78.8 cm³/mol. The molecule has 1 aromatic carbocycles. The predicted octanol–water partition coefficient (Wildman–Crippen LogP) is 4.79. The lowest BCUT2D eigenvalue weighted by molar-refractivity contribution is 0.218. The minimum absolute atomic E-state index is 0.0696. The summed E-state index contributed by atoms with van der Waals surface area (Å²) in [6, 6.07) is 6.44. The van der Waals surface area contributed by atoms with Crippen molar-refractivity contribution in [3.8, 4) is 0 Å². The molecule has 0 aliphatic heterocycles. The van der Waals surface area contributed by atoms with Crippen molar-refractivity contribution in [3.05, 3.63) is 35.8 Å². The van der Waals surface area contributed by atoms with Gasteiger partial charge < -0.3 is 10.2 Å². The van der Waals surface area contributed by atoms with E-state index in [-0.39, 0.29) is 11.9 Å². The van der Waals surface area contributed by atoms with Gasteiger partial charge in [-0.2, -0.15) is 0 Å². The van der Waals surface area contributed by atoms with E-state index in [1.54, 1.807) is 6.07 Å². The fraction of sp³-hybridized carbons (Fsp3) is 0.529. The number of fused-ring (bicyclic) bond motifs is 1. The van der Waals surface area contributed by atoms with Crippen LogP contribution in [0.5, 0.6) is 0 Å². The molecule has 1 aliphatic carbocycles. The largest absolute Gasteiger partial charge is 0.459 e. The molecule has 3 rings (SSSR count). The number of hydrogen-bond acceptors (Lipinski definition) is 2. The van der Waals surface area contributed by atoms with Crippen molar-refractivity contribution in [2.45, 2.75) is 45.1 Å². The molecular formula is C17H22FNO. The summed E-state index contributed by atoms with van der Waals surface area (Å²) >= 11 is 0. The monoisotopic (exact) mass is 275 g/mol. The second-order valence-electron chi connectivity index (χ2n) is 6.06. The third-order valence-electron chi connectivity index (χ3n) is 4.73. The number of rotatable bonds is 3. The van der Waals surface area contributed by atoms with Crippen molar-refractivity contribution in [3.63, 3.8) is 0 Å². The molecule has 0 spiro atoms. The summed E-state index contributed by atoms with van der Waals surface area (Å²) in [5, 5.41) is 0.804. The van der Waals surface area contributed by atoms with Crippen LogP contribution in [0.3, 0.4) is 0 Å². The summed E-state index contributed by atoms with van der Waals surface area (Å²) in [5.74, 6) is 1.84. The highest BCUT2D eigenvalue weighted by atomic mass is 19.1. The molecule has 1 aliphatic rings. The highest BCUT2D eigenvalue weighted by Crippen LogP contribution is 2.38. The Bertz CT molecular complexity index is 592. The number of halogens is 1. The van der Waals surface area contributed by atoms with Crippen molar-refractivity contribution >= 4 is 11.0 Å². The lowest BCUT2D eigenvalue weighted by Crippen LogP contribution is -2.26. The zero-order valence-electron chi connectivity index (χ0n) is 11.9. The molecule has 0 amide bonds. The van der Waals surface area contributed by atoms with E-state index in [9.17, 15) is 4.39 Å². The molecule has 0 radical (unpaired) electrons. The standard InChI is InChI=1S/C17H22FNO/c1-2-11-4-3-5-12(8-11)17(19)16-10-13-9-14(18)6-7-15(13)20-16/h6-7,9-12,17H,2-5,8,19H2,1H3. The van der Waals surface area contributed by atoms with E-state index in [4.69, 9.17) is 10.2 Å². The first-order valence-electron chi connectivity index (χ1n) is 7.62. The van der Waals surface area contributed by atoms with Crippen LogP contribution in [-0.2, 0) is 0 Å². The van der Waals surface area contributed by atoms with Crippen LogP contribution in [-0.4, -0.2) is 0 Å². The average molecular weight is 275 g/mol. The summed E-state index contributed by atoms with van der Waals surface area (Å²) in [4.78, 5) is 0. The Morgan fingerprint density at radius 2 is 2.20 bits per heavy atom. The van der Waals surface area contributed by atoms with E-state index < -0.39 is 0 Å². The normalized spacial score (nSPS) is 24.9. The molecule has 2 aromatic rings. The lowest BCUT2D eigenvalue weighted by Gasteiger charge is -2.31. The Balaban J connectivity index is 1.82. The zero-order chi connectivity index (χ0) is 14.1. The molecular weight excluding hydrogens is 253 g/mol. The van der Waals surface area contributed by atoms with Gasteiger partial charge in [0.2, 0.25) is 0 Å². The van der Waals surface area contributed by atoms with Gasteiger partial charge >= 0.3 is 0 Å². The third-order valence-corrected chi connectivity index (χ3v) is 4.73. The van der Waals surface area contributed by atoms with Crippen LogP contribution >= 0.6 is 0 Å². The van der Waals surface area contributed by atoms with E-state index in [1.807, 2.05) is 6.07 Å². The Kier molecular flexibility index (Phi) is 3.79. The molecule has 3 atom stereocenters. The maximum atomic E-state index is 13.2. The molecule has 0 bridgehead atoms. The van der Waals surface area contributed by atoms with Gasteiger partial charge in [-0.05, 0) is 48.9 Å². The number of furan rings is 1. The molecule has 1 heterocycles. The highest BCUT2D eigenvalue weighted by Gasteiger charge is 2.28. The summed E-state index contributed by atoms with van der Waals surface area (Å²) in [5.41, 5.74) is 7.12. The molecule has 2 N–H and O–H groups in total. The number of benzene rings is 1. The van der Waals surface area contributed by atoms with Crippen LogP contribution in [0.25, 0.3) is 11.0 Å². The van der Waals surface area contributed by atoms with E-state index in [0.717, 1.165) is 22.6 Å². The fourth-order valence-corrected chi connectivity index (χ4v) is 3.46. The van der Waals surface area contributed by atoms with Gasteiger partial charge in [-0.25, -0.2) is 4.39 Å². The van der Waals surface area contributed by atoms with E-state index >= 15 is 0 Å². The average Bonchev–Trinajstić information content (AvgIpc) is 2.89. The van der Waals surface area contributed by atoms with Crippen molar-refractivity contribution in [1.29, 1.82) is 0 Å². The first-order chi connectivity index (χ1) is 9.67. The zero-order valence-corrected chi connectivity index (χ0v) is 11.9. The van der Waals surface area contributed by atoms with Crippen LogP contribution in [0.4, 0.5) is 4.39 Å². The van der Waals surface area contributed by atoms with Crippen molar-refractivity contribution < 1.29 is 8.81 Å². The van der Waals surface area contributed by atoms with Gasteiger partial charge in [0, 0.05) is 5.39 Å². The lowest BCUT2D eigenvalue weighted by atomic mass is 9.76. The second kappa shape index (κ2) is 5.57. The molecule has 1 saturated carbocycles. The molecule has 2 nitrogen and oxygen atoms in total. The minimum Gasteiger partial charge on any atom is -0.459 e. The molecule has 3 heteroatoms. The van der Waals surface area contributed by atoms with Gasteiger partial charge in [-0.15, -0.1) is 0 Å². The van der Waals surface area contributed by atoms with Gasteiger partial charge in [0.05, 0.1) is 6.04 Å². The van der Waals surface area contributed by atoms with Gasteiger partial charge in [0.15, 0.2) is 0 Å². The summed E-state index contributed by atoms with van der Waals surface area (Å²) in [6.45, 7) is 2.25. The fourth-order valence-electron chi connectivity index (χ4n) is 3.46. The van der Waals surface area contributed by atoms with Crippen LogP contribution in [0.15, 0.2) is 28.7 Å². The van der Waals surface area contributed by atoms with Gasteiger partial charge in [0.25, 0.3) is 0 Å². The highest BCUT2D eigenvalue weighted by molar-refractivity contribution is 5.78. The third kappa shape index (κ3) is 2.59. The smallest absolute Gasteiger partial charge is 0.134 e. The Morgan fingerprint density at radius 1 is 1.35 bits per heavy atom. The van der Waals surface area contributed by atoms with Crippen LogP contribution < -0.4 is 5.73 Å². The first-order valence-corrected chi connectivity index (χ1v) is 7.62. The second-order valence-corrected chi connectivity index (χ2v) is 6.06. The van der Waals surface area contributed by atoms with Crippen LogP contribution in [0.2, 0.25) is 0 Å². The Morgan fingerprint density at radius 3 is 3.00 bits per heavy atom. The minimum atomic E-state index is -0.234. The molecule has 0 saturated heterocycles. The molecule has 108 valence electrons. The molecule has 1 aromatic heterocycles. The van der Waals surface area contributed by atoms with Crippen molar-refractivity contribution in [2.24, 2.45) is 17.6 Å². The van der Waals surface area contributed by atoms with E-state index in [1.165, 1.54) is 44.2 Å². The molecule has 20 heavy (non-hydrogen) atoms. The van der Waals surface area contributed by atoms with Gasteiger partial charge in [0.1, 0.15) is 17.2 Å². The van der Waals surface area contributed by atoms with E-state index in [2.05, 4.69) is 6.92 Å². The van der Waals surface area contributed by atoms with Gasteiger partial charge in [-0.1, -0.05) is 26.2 Å².